The molecule has 0 radical (unpaired) electrons. The van der Waals surface area contributed by atoms with E-state index in [-0.39, 0.29) is 12.1 Å². The van der Waals surface area contributed by atoms with Gasteiger partial charge < -0.3 is 19.3 Å². The van der Waals surface area contributed by atoms with Gasteiger partial charge in [-0.15, -0.1) is 0 Å². The fraction of sp³-hybridized carbons (Fsp3) is 0.143. The summed E-state index contributed by atoms with van der Waals surface area (Å²) in [5.74, 6) is 0.649. The maximum Gasteiger partial charge on any atom is 0.258 e. The van der Waals surface area contributed by atoms with Gasteiger partial charge in [0.15, 0.2) is 0 Å². The molecule has 1 unspecified atom stereocenters. The van der Waals surface area contributed by atoms with Gasteiger partial charge in [0, 0.05) is 59.7 Å². The zero-order chi connectivity index (χ0) is 21.7. The third-order valence-corrected chi connectivity index (χ3v) is 6.11. The van der Waals surface area contributed by atoms with Gasteiger partial charge >= 0.3 is 0 Å². The lowest BCUT2D eigenvalue weighted by molar-refractivity contribution is 0.526. The molecule has 4 aliphatic heterocycles. The van der Waals surface area contributed by atoms with Crippen LogP contribution in [-0.2, 0) is 11.3 Å². The van der Waals surface area contributed by atoms with Crippen LogP contribution >= 0.6 is 11.6 Å². The average Bonchev–Trinajstić information content (AvgIpc) is 2.95. The molecule has 31 heavy (non-hydrogen) atoms. The van der Waals surface area contributed by atoms with Crippen molar-refractivity contribution in [3.8, 4) is 11.1 Å². The summed E-state index contributed by atoms with van der Waals surface area (Å²) in [6.45, 7) is 0.626. The number of aromatic nitrogens is 2. The molecule has 1 atom stereocenters. The number of anilines is 3. The van der Waals surface area contributed by atoms with Crippen LogP contribution in [0.2, 0.25) is 5.02 Å². The van der Waals surface area contributed by atoms with Gasteiger partial charge in [0.2, 0.25) is 0 Å². The van der Waals surface area contributed by atoms with Crippen LogP contribution in [0.5, 0.6) is 0 Å². The number of hydrogen-bond donors (Lipinski definition) is 2. The van der Waals surface area contributed by atoms with Crippen molar-refractivity contribution < 1.29 is 8.76 Å². The lowest BCUT2D eigenvalue weighted by atomic mass is 10.0. The van der Waals surface area contributed by atoms with Gasteiger partial charge in [0.05, 0.1) is 22.2 Å². The van der Waals surface area contributed by atoms with Gasteiger partial charge in [0.25, 0.3) is 5.56 Å². The molecule has 0 amide bonds. The SMILES string of the molecule is CN1C=CC(CNS(=O)[O-])=c2cnc3c4c([nH]c(=O)c-4c21)=CCN3c1ccc(Cl)cc1. The number of rotatable bonds is 4. The largest absolute Gasteiger partial charge is 0.760 e. The van der Waals surface area contributed by atoms with Gasteiger partial charge in [-0.2, -0.15) is 0 Å². The van der Waals surface area contributed by atoms with E-state index in [9.17, 15) is 13.6 Å². The molecule has 0 saturated carbocycles. The van der Waals surface area contributed by atoms with E-state index in [0.29, 0.717) is 33.9 Å². The van der Waals surface area contributed by atoms with Gasteiger partial charge in [-0.05, 0) is 42.0 Å². The number of nitrogens with one attached hydrogen (secondary N) is 2. The zero-order valence-electron chi connectivity index (χ0n) is 16.4. The van der Waals surface area contributed by atoms with Crippen molar-refractivity contribution >= 4 is 51.7 Å². The van der Waals surface area contributed by atoms with E-state index < -0.39 is 11.3 Å². The molecule has 4 heterocycles. The summed E-state index contributed by atoms with van der Waals surface area (Å²) in [7, 11) is 1.85. The number of nitrogens with zero attached hydrogens (tertiary/aromatic N) is 3. The molecular formula is C21H17ClN5O3S-. The first kappa shape index (κ1) is 20.0. The Bertz CT molecular complexity index is 1400. The summed E-state index contributed by atoms with van der Waals surface area (Å²) in [6, 6.07) is 7.44. The van der Waals surface area contributed by atoms with Crippen molar-refractivity contribution in [3.63, 3.8) is 0 Å². The predicted octanol–water partition coefficient (Wildman–Crippen LogP) is 0.958. The normalized spacial score (nSPS) is 15.8. The first-order valence-electron chi connectivity index (χ1n) is 9.49. The topological polar surface area (TPSA) is 104 Å². The third-order valence-electron chi connectivity index (χ3n) is 5.48. The fourth-order valence-corrected chi connectivity index (χ4v) is 4.47. The Morgan fingerprint density at radius 1 is 1.29 bits per heavy atom. The molecule has 158 valence electrons. The van der Waals surface area contributed by atoms with E-state index in [1.54, 1.807) is 6.20 Å². The molecule has 0 aromatic heterocycles. The standard InChI is InChI=1S/C21H18ClN5O3S/c1-26-8-6-12(10-24-31(29)30)15-11-23-20-17-16(25-21(28)18(17)19(15)26)7-9-27(20)14-4-2-13(22)3-5-14/h2-8,11,24H,9-10H2,1H3,(H,25,28)(H,29,30)/p-1. The van der Waals surface area contributed by atoms with Crippen LogP contribution in [0.15, 0.2) is 47.5 Å². The summed E-state index contributed by atoms with van der Waals surface area (Å²) >= 11 is 3.65. The second-order valence-electron chi connectivity index (χ2n) is 7.26. The molecule has 0 aliphatic carbocycles. The van der Waals surface area contributed by atoms with Crippen molar-refractivity contribution in [2.75, 3.05) is 29.9 Å². The highest BCUT2D eigenvalue weighted by atomic mass is 35.5. The number of H-pyrrole nitrogens is 1. The minimum Gasteiger partial charge on any atom is -0.760 e. The lowest BCUT2D eigenvalue weighted by Crippen LogP contribution is -2.29. The van der Waals surface area contributed by atoms with Gasteiger partial charge in [-0.25, -0.2) is 9.71 Å². The van der Waals surface area contributed by atoms with Gasteiger partial charge in [-0.3, -0.25) is 9.00 Å². The Labute approximate surface area is 184 Å². The Morgan fingerprint density at radius 3 is 2.81 bits per heavy atom. The number of hydrogen-bond acceptors (Lipinski definition) is 6. The van der Waals surface area contributed by atoms with Crippen LogP contribution in [0.4, 0.5) is 17.2 Å². The van der Waals surface area contributed by atoms with Crippen LogP contribution in [0, 0.1) is 0 Å². The fourth-order valence-electron chi connectivity index (χ4n) is 4.07. The molecule has 2 N–H and O–H groups in total. The third kappa shape index (κ3) is 3.35. The van der Waals surface area contributed by atoms with Crippen LogP contribution < -0.4 is 30.6 Å². The molecular weight excluding hydrogens is 438 g/mol. The summed E-state index contributed by atoms with van der Waals surface area (Å²) < 4.78 is 24.5. The number of benzene rings is 1. The molecule has 8 nitrogen and oxygen atoms in total. The molecule has 0 bridgehead atoms. The summed E-state index contributed by atoms with van der Waals surface area (Å²) in [5.41, 5.74) is 3.34. The van der Waals surface area contributed by atoms with Crippen molar-refractivity contribution in [2.24, 2.45) is 0 Å². The summed E-state index contributed by atoms with van der Waals surface area (Å²) in [4.78, 5) is 24.6. The van der Waals surface area contributed by atoms with Crippen molar-refractivity contribution in [3.05, 3.63) is 68.7 Å². The molecule has 0 saturated heterocycles. The van der Waals surface area contributed by atoms with Crippen LogP contribution in [0.3, 0.4) is 0 Å². The molecule has 0 fully saturated rings. The van der Waals surface area contributed by atoms with Crippen molar-refractivity contribution in [1.82, 2.24) is 14.7 Å². The Balaban J connectivity index is 1.80. The van der Waals surface area contributed by atoms with E-state index in [1.165, 1.54) is 0 Å². The first-order valence-corrected chi connectivity index (χ1v) is 10.9. The second kappa shape index (κ2) is 7.61. The summed E-state index contributed by atoms with van der Waals surface area (Å²) in [6.07, 6.45) is 7.29. The Hall–Kier alpha value is -2.98. The maximum absolute atomic E-state index is 13.0. The van der Waals surface area contributed by atoms with E-state index in [2.05, 4.69) is 9.71 Å². The molecule has 1 aromatic rings. The van der Waals surface area contributed by atoms with Crippen LogP contribution in [0.25, 0.3) is 22.8 Å². The number of aromatic amines is 1. The van der Waals surface area contributed by atoms with Gasteiger partial charge in [-0.1, -0.05) is 11.6 Å². The van der Waals surface area contributed by atoms with E-state index >= 15 is 0 Å². The molecule has 4 aliphatic rings. The van der Waals surface area contributed by atoms with E-state index in [0.717, 1.165) is 22.2 Å². The van der Waals surface area contributed by atoms with E-state index in [4.69, 9.17) is 16.6 Å². The minimum atomic E-state index is -2.40. The van der Waals surface area contributed by atoms with Gasteiger partial charge in [0.1, 0.15) is 5.82 Å². The average molecular weight is 455 g/mol. The quantitative estimate of drug-likeness (QED) is 0.569. The van der Waals surface area contributed by atoms with Crippen LogP contribution in [0.1, 0.15) is 0 Å². The second-order valence-corrected chi connectivity index (χ2v) is 8.46. The highest BCUT2D eigenvalue weighted by Crippen LogP contribution is 2.36. The smallest absolute Gasteiger partial charge is 0.258 e. The monoisotopic (exact) mass is 454 g/mol. The molecule has 5 rings (SSSR count). The lowest BCUT2D eigenvalue weighted by Gasteiger charge is -2.26. The minimum absolute atomic E-state index is 0.0917. The van der Waals surface area contributed by atoms with Crippen molar-refractivity contribution in [1.29, 1.82) is 0 Å². The number of fused-ring (bicyclic) bond motifs is 2. The molecule has 10 heteroatoms. The highest BCUT2D eigenvalue weighted by Gasteiger charge is 2.29. The summed E-state index contributed by atoms with van der Waals surface area (Å²) in [5, 5.41) is 2.06. The molecule has 1 aromatic carbocycles. The maximum atomic E-state index is 13.0. The Morgan fingerprint density at radius 2 is 2.06 bits per heavy atom. The molecule has 0 spiro atoms. The number of halogens is 1. The first-order chi connectivity index (χ1) is 14.9. The predicted molar refractivity (Wildman–Crippen MR) is 122 cm³/mol. The Kier molecular flexibility index (Phi) is 4.90. The highest BCUT2D eigenvalue weighted by molar-refractivity contribution is 7.77. The van der Waals surface area contributed by atoms with Crippen LogP contribution in [-0.4, -0.2) is 38.9 Å². The zero-order valence-corrected chi connectivity index (χ0v) is 18.0. The van der Waals surface area contributed by atoms with Crippen molar-refractivity contribution in [2.45, 2.75) is 0 Å². The van der Waals surface area contributed by atoms with E-state index in [1.807, 2.05) is 59.5 Å².